The minimum atomic E-state index is -0.249. The molecule has 168 valence electrons. The monoisotopic (exact) mass is 450 g/mol. The maximum atomic E-state index is 12.6. The number of hydrogen-bond acceptors (Lipinski definition) is 4. The SMILES string of the molecule is CCC(C)(C)C1CCC(NC(=S)Nc2sc3c(c2C(=O)OC)CCCCCC3)CC1. The van der Waals surface area contributed by atoms with E-state index in [4.69, 9.17) is 17.0 Å². The van der Waals surface area contributed by atoms with Crippen LogP contribution in [0.4, 0.5) is 5.00 Å². The average Bonchev–Trinajstić information content (AvgIpc) is 3.03. The van der Waals surface area contributed by atoms with E-state index >= 15 is 0 Å². The molecule has 1 aromatic rings. The molecule has 0 bridgehead atoms. The number of thiocarbonyl (C=S) groups is 1. The van der Waals surface area contributed by atoms with Gasteiger partial charge < -0.3 is 15.4 Å². The zero-order valence-electron chi connectivity index (χ0n) is 19.1. The summed E-state index contributed by atoms with van der Waals surface area (Å²) in [7, 11) is 1.46. The number of anilines is 1. The smallest absolute Gasteiger partial charge is 0.341 e. The Bertz CT molecular complexity index is 749. The Hall–Kier alpha value is -1.14. The Labute approximate surface area is 191 Å². The summed E-state index contributed by atoms with van der Waals surface area (Å²) in [5.41, 5.74) is 2.31. The maximum Gasteiger partial charge on any atom is 0.341 e. The number of nitrogens with one attached hydrogen (secondary N) is 2. The first-order valence-electron chi connectivity index (χ1n) is 11.7. The second-order valence-corrected chi connectivity index (χ2v) is 11.1. The van der Waals surface area contributed by atoms with Crippen LogP contribution < -0.4 is 10.6 Å². The summed E-state index contributed by atoms with van der Waals surface area (Å²) in [6.45, 7) is 7.09. The highest BCUT2D eigenvalue weighted by Gasteiger charge is 2.32. The van der Waals surface area contributed by atoms with Crippen LogP contribution in [0.5, 0.6) is 0 Å². The van der Waals surface area contributed by atoms with Gasteiger partial charge in [0.2, 0.25) is 0 Å². The largest absolute Gasteiger partial charge is 0.465 e. The molecular weight excluding hydrogens is 412 g/mol. The van der Waals surface area contributed by atoms with Gasteiger partial charge in [0.25, 0.3) is 0 Å². The normalized spacial score (nSPS) is 22.4. The van der Waals surface area contributed by atoms with E-state index in [0.29, 0.717) is 22.1 Å². The number of carbonyl (C=O) groups excluding carboxylic acids is 1. The molecule has 0 spiro atoms. The average molecular weight is 451 g/mol. The molecule has 1 aromatic heterocycles. The number of hydrogen-bond donors (Lipinski definition) is 2. The van der Waals surface area contributed by atoms with Gasteiger partial charge in [-0.2, -0.15) is 0 Å². The number of ether oxygens (including phenoxy) is 1. The summed E-state index contributed by atoms with van der Waals surface area (Å²) in [6, 6.07) is 0.413. The Kier molecular flexibility index (Phi) is 8.19. The molecule has 0 aliphatic heterocycles. The molecule has 0 saturated heterocycles. The van der Waals surface area contributed by atoms with Crippen molar-refractivity contribution in [2.24, 2.45) is 11.3 Å². The van der Waals surface area contributed by atoms with E-state index in [-0.39, 0.29) is 5.97 Å². The van der Waals surface area contributed by atoms with Gasteiger partial charge in [0.15, 0.2) is 5.11 Å². The van der Waals surface area contributed by atoms with Crippen LogP contribution in [0.1, 0.15) is 99.4 Å². The van der Waals surface area contributed by atoms with Crippen LogP contribution in [-0.2, 0) is 17.6 Å². The van der Waals surface area contributed by atoms with Gasteiger partial charge in [-0.25, -0.2) is 4.79 Å². The Morgan fingerprint density at radius 1 is 1.13 bits per heavy atom. The van der Waals surface area contributed by atoms with E-state index in [9.17, 15) is 4.79 Å². The van der Waals surface area contributed by atoms with Crippen molar-refractivity contribution in [1.29, 1.82) is 0 Å². The molecule has 1 fully saturated rings. The number of carbonyl (C=O) groups is 1. The van der Waals surface area contributed by atoms with Crippen molar-refractivity contribution in [3.8, 4) is 0 Å². The number of fused-ring (bicyclic) bond motifs is 1. The predicted octanol–water partition coefficient (Wildman–Crippen LogP) is 6.48. The molecule has 30 heavy (non-hydrogen) atoms. The van der Waals surface area contributed by atoms with Crippen molar-refractivity contribution < 1.29 is 9.53 Å². The number of rotatable bonds is 5. The number of esters is 1. The third-order valence-electron chi connectivity index (χ3n) is 7.37. The molecule has 1 heterocycles. The van der Waals surface area contributed by atoms with E-state index in [1.807, 2.05) is 0 Å². The first-order valence-corrected chi connectivity index (χ1v) is 12.9. The van der Waals surface area contributed by atoms with Crippen LogP contribution in [0.15, 0.2) is 0 Å². The zero-order valence-corrected chi connectivity index (χ0v) is 20.7. The lowest BCUT2D eigenvalue weighted by Crippen LogP contribution is -2.41. The minimum absolute atomic E-state index is 0.249. The lowest BCUT2D eigenvalue weighted by atomic mass is 9.69. The molecule has 4 nitrogen and oxygen atoms in total. The fraction of sp³-hybridized carbons (Fsp3) is 0.750. The van der Waals surface area contributed by atoms with Crippen LogP contribution in [0, 0.1) is 11.3 Å². The topological polar surface area (TPSA) is 50.4 Å². The third kappa shape index (κ3) is 5.56. The molecule has 1 saturated carbocycles. The van der Waals surface area contributed by atoms with Crippen LogP contribution in [-0.4, -0.2) is 24.2 Å². The molecule has 2 N–H and O–H groups in total. The summed E-state index contributed by atoms with van der Waals surface area (Å²) in [6.07, 6.45) is 12.9. The van der Waals surface area contributed by atoms with Crippen molar-refractivity contribution in [2.75, 3.05) is 12.4 Å². The van der Waals surface area contributed by atoms with Gasteiger partial charge in [-0.15, -0.1) is 11.3 Å². The van der Waals surface area contributed by atoms with Crippen LogP contribution in [0.3, 0.4) is 0 Å². The number of aryl methyl sites for hydroxylation is 1. The second-order valence-electron chi connectivity index (χ2n) is 9.60. The van der Waals surface area contributed by atoms with E-state index < -0.39 is 0 Å². The molecule has 6 heteroatoms. The molecule has 0 radical (unpaired) electrons. The van der Waals surface area contributed by atoms with E-state index in [1.54, 1.807) is 11.3 Å². The van der Waals surface area contributed by atoms with Crippen molar-refractivity contribution in [1.82, 2.24) is 5.32 Å². The first-order chi connectivity index (χ1) is 14.4. The summed E-state index contributed by atoms with van der Waals surface area (Å²) in [5.74, 6) is 0.547. The molecule has 0 aromatic carbocycles. The highest BCUT2D eigenvalue weighted by atomic mass is 32.1. The van der Waals surface area contributed by atoms with Crippen molar-refractivity contribution >= 4 is 39.6 Å². The molecule has 2 aliphatic carbocycles. The van der Waals surface area contributed by atoms with Gasteiger partial charge in [0.05, 0.1) is 12.7 Å². The predicted molar refractivity (Wildman–Crippen MR) is 131 cm³/mol. The maximum absolute atomic E-state index is 12.6. The zero-order chi connectivity index (χ0) is 21.7. The van der Waals surface area contributed by atoms with Gasteiger partial charge in [-0.1, -0.05) is 40.0 Å². The molecular formula is C24H38N2O2S2. The van der Waals surface area contributed by atoms with Crippen LogP contribution in [0.25, 0.3) is 0 Å². The molecule has 0 unspecified atom stereocenters. The highest BCUT2D eigenvalue weighted by Crippen LogP contribution is 2.41. The van der Waals surface area contributed by atoms with Gasteiger partial charge in [0.1, 0.15) is 5.00 Å². The lowest BCUT2D eigenvalue weighted by molar-refractivity contribution is 0.0601. The summed E-state index contributed by atoms with van der Waals surface area (Å²) < 4.78 is 5.12. The molecule has 0 atom stereocenters. The van der Waals surface area contributed by atoms with Gasteiger partial charge in [0, 0.05) is 10.9 Å². The lowest BCUT2D eigenvalue weighted by Gasteiger charge is -2.39. The Morgan fingerprint density at radius 3 is 2.43 bits per heavy atom. The number of methoxy groups -OCH3 is 1. The standard InChI is InChI=1S/C24H38N2O2S2/c1-5-24(2,3)16-12-14-17(15-13-16)25-23(29)26-21-20(22(27)28-4)18-10-8-6-7-9-11-19(18)30-21/h16-17H,5-15H2,1-4H3,(H2,25,26,29). The Balaban J connectivity index is 1.65. The third-order valence-corrected chi connectivity index (χ3v) is 8.79. The van der Waals surface area contributed by atoms with E-state index in [1.165, 1.54) is 56.1 Å². The quantitative estimate of drug-likeness (QED) is 0.397. The van der Waals surface area contributed by atoms with Crippen LogP contribution in [0.2, 0.25) is 0 Å². The van der Waals surface area contributed by atoms with Crippen molar-refractivity contribution in [2.45, 2.75) is 97.4 Å². The summed E-state index contributed by atoms with van der Waals surface area (Å²) in [4.78, 5) is 13.9. The van der Waals surface area contributed by atoms with Crippen molar-refractivity contribution in [3.05, 3.63) is 16.0 Å². The van der Waals surface area contributed by atoms with Gasteiger partial charge >= 0.3 is 5.97 Å². The second kappa shape index (κ2) is 10.4. The van der Waals surface area contributed by atoms with Crippen LogP contribution >= 0.6 is 23.6 Å². The van der Waals surface area contributed by atoms with Gasteiger partial charge in [-0.05, 0) is 80.5 Å². The van der Waals surface area contributed by atoms with Crippen molar-refractivity contribution in [3.63, 3.8) is 0 Å². The van der Waals surface area contributed by atoms with Gasteiger partial charge in [-0.3, -0.25) is 0 Å². The van der Waals surface area contributed by atoms with E-state index in [0.717, 1.165) is 43.0 Å². The fourth-order valence-electron chi connectivity index (χ4n) is 4.96. The molecule has 2 aliphatic rings. The molecule has 3 rings (SSSR count). The summed E-state index contributed by atoms with van der Waals surface area (Å²) in [5, 5.41) is 8.37. The summed E-state index contributed by atoms with van der Waals surface area (Å²) >= 11 is 7.34. The Morgan fingerprint density at radius 2 is 1.80 bits per heavy atom. The fourth-order valence-corrected chi connectivity index (χ4v) is 6.57. The first kappa shape index (κ1) is 23.5. The molecule has 0 amide bonds. The number of thiophene rings is 1. The highest BCUT2D eigenvalue weighted by molar-refractivity contribution is 7.80. The van der Waals surface area contributed by atoms with E-state index in [2.05, 4.69) is 31.4 Å². The minimum Gasteiger partial charge on any atom is -0.465 e.